The highest BCUT2D eigenvalue weighted by Crippen LogP contribution is 2.24. The average molecular weight is 298 g/mol. The van der Waals surface area contributed by atoms with E-state index in [2.05, 4.69) is 0 Å². The van der Waals surface area contributed by atoms with Crippen LogP contribution in [0.2, 0.25) is 0 Å². The fourth-order valence-electron chi connectivity index (χ4n) is 2.09. The van der Waals surface area contributed by atoms with Gasteiger partial charge in [0, 0.05) is 0 Å². The summed E-state index contributed by atoms with van der Waals surface area (Å²) in [4.78, 5) is 11.6. The standard InChI is InChI=1S/C18H18O4/c1-3-22-16-9-4-6-13(10-16)11-17(18(19)20)14-7-5-8-15(12-14)21-2/h4-12H,3H2,1-2H3,(H,19,20)/b17-11-. The molecule has 0 spiro atoms. The molecule has 4 nitrogen and oxygen atoms in total. The van der Waals surface area contributed by atoms with Gasteiger partial charge in [0.2, 0.25) is 0 Å². The topological polar surface area (TPSA) is 55.8 Å². The molecular formula is C18H18O4. The highest BCUT2D eigenvalue weighted by Gasteiger charge is 2.11. The second-order valence-electron chi connectivity index (χ2n) is 4.60. The van der Waals surface area contributed by atoms with Gasteiger partial charge >= 0.3 is 5.97 Å². The molecule has 2 aromatic rings. The monoisotopic (exact) mass is 298 g/mol. The highest BCUT2D eigenvalue weighted by molar-refractivity contribution is 6.20. The number of methoxy groups -OCH3 is 1. The first kappa shape index (κ1) is 15.6. The molecule has 22 heavy (non-hydrogen) atoms. The maximum atomic E-state index is 11.6. The predicted molar refractivity (Wildman–Crippen MR) is 86.1 cm³/mol. The minimum absolute atomic E-state index is 0.201. The lowest BCUT2D eigenvalue weighted by molar-refractivity contribution is -0.130. The molecule has 0 bridgehead atoms. The molecule has 2 aromatic carbocycles. The third kappa shape index (κ3) is 3.88. The van der Waals surface area contributed by atoms with E-state index in [4.69, 9.17) is 9.47 Å². The molecule has 2 rings (SSSR count). The SMILES string of the molecule is CCOc1cccc(/C=C(\C(=O)O)c2cccc(OC)c2)c1. The summed E-state index contributed by atoms with van der Waals surface area (Å²) in [6.45, 7) is 2.47. The van der Waals surface area contributed by atoms with Gasteiger partial charge in [0.05, 0.1) is 19.3 Å². The molecule has 0 heterocycles. The summed E-state index contributed by atoms with van der Waals surface area (Å²) in [5, 5.41) is 9.48. The molecule has 0 aliphatic carbocycles. The van der Waals surface area contributed by atoms with Crippen molar-refractivity contribution < 1.29 is 19.4 Å². The summed E-state index contributed by atoms with van der Waals surface area (Å²) in [7, 11) is 1.55. The molecule has 0 saturated carbocycles. The lowest BCUT2D eigenvalue weighted by Crippen LogP contribution is -2.00. The maximum absolute atomic E-state index is 11.6. The zero-order chi connectivity index (χ0) is 15.9. The van der Waals surface area contributed by atoms with Gasteiger partial charge < -0.3 is 14.6 Å². The van der Waals surface area contributed by atoms with Gasteiger partial charge in [-0.3, -0.25) is 0 Å². The van der Waals surface area contributed by atoms with Crippen LogP contribution in [0, 0.1) is 0 Å². The second kappa shape index (κ2) is 7.31. The molecule has 0 aromatic heterocycles. The van der Waals surface area contributed by atoms with Gasteiger partial charge in [-0.1, -0.05) is 24.3 Å². The number of rotatable bonds is 6. The van der Waals surface area contributed by atoms with Gasteiger partial charge in [-0.2, -0.15) is 0 Å². The van der Waals surface area contributed by atoms with Gasteiger partial charge in [-0.15, -0.1) is 0 Å². The van der Waals surface area contributed by atoms with E-state index in [0.29, 0.717) is 23.7 Å². The second-order valence-corrected chi connectivity index (χ2v) is 4.60. The third-order valence-electron chi connectivity index (χ3n) is 3.09. The van der Waals surface area contributed by atoms with E-state index < -0.39 is 5.97 Å². The van der Waals surface area contributed by atoms with E-state index in [1.807, 2.05) is 31.2 Å². The first-order chi connectivity index (χ1) is 10.6. The number of carbonyl (C=O) groups is 1. The van der Waals surface area contributed by atoms with Crippen LogP contribution in [-0.4, -0.2) is 24.8 Å². The molecule has 0 radical (unpaired) electrons. The van der Waals surface area contributed by atoms with Crippen molar-refractivity contribution in [3.05, 3.63) is 59.7 Å². The smallest absolute Gasteiger partial charge is 0.336 e. The quantitative estimate of drug-likeness (QED) is 0.652. The minimum Gasteiger partial charge on any atom is -0.497 e. The number of carboxylic acid groups (broad SMARTS) is 1. The summed E-state index contributed by atoms with van der Waals surface area (Å²) in [5.74, 6) is 0.342. The fraction of sp³-hybridized carbons (Fsp3) is 0.167. The van der Waals surface area contributed by atoms with Gasteiger partial charge in [0.25, 0.3) is 0 Å². The van der Waals surface area contributed by atoms with Crippen LogP contribution in [0.4, 0.5) is 0 Å². The third-order valence-corrected chi connectivity index (χ3v) is 3.09. The Hall–Kier alpha value is -2.75. The summed E-state index contributed by atoms with van der Waals surface area (Å²) in [5.41, 5.74) is 1.56. The molecule has 4 heteroatoms. The molecule has 0 aliphatic heterocycles. The van der Waals surface area contributed by atoms with Crippen LogP contribution in [0.25, 0.3) is 11.6 Å². The van der Waals surface area contributed by atoms with Crippen LogP contribution in [0.1, 0.15) is 18.1 Å². The summed E-state index contributed by atoms with van der Waals surface area (Å²) < 4.78 is 10.6. The highest BCUT2D eigenvalue weighted by atomic mass is 16.5. The van der Waals surface area contributed by atoms with Crippen LogP contribution in [0.3, 0.4) is 0 Å². The van der Waals surface area contributed by atoms with E-state index in [1.165, 1.54) is 0 Å². The Bertz CT molecular complexity index is 689. The van der Waals surface area contributed by atoms with Gasteiger partial charge in [-0.05, 0) is 48.4 Å². The zero-order valence-corrected chi connectivity index (χ0v) is 12.6. The number of aliphatic carboxylic acids is 1. The maximum Gasteiger partial charge on any atom is 0.336 e. The fourth-order valence-corrected chi connectivity index (χ4v) is 2.09. The molecule has 0 saturated heterocycles. The largest absolute Gasteiger partial charge is 0.497 e. The first-order valence-corrected chi connectivity index (χ1v) is 6.96. The Balaban J connectivity index is 2.42. The van der Waals surface area contributed by atoms with Crippen LogP contribution >= 0.6 is 0 Å². The van der Waals surface area contributed by atoms with Crippen LogP contribution in [-0.2, 0) is 4.79 Å². The van der Waals surface area contributed by atoms with Crippen molar-refractivity contribution in [3.8, 4) is 11.5 Å². The predicted octanol–water partition coefficient (Wildman–Crippen LogP) is 3.72. The van der Waals surface area contributed by atoms with E-state index in [0.717, 1.165) is 5.56 Å². The summed E-state index contributed by atoms with van der Waals surface area (Å²) in [6, 6.07) is 14.3. The van der Waals surface area contributed by atoms with E-state index in [9.17, 15) is 9.90 Å². The average Bonchev–Trinajstić information content (AvgIpc) is 2.53. The van der Waals surface area contributed by atoms with Gasteiger partial charge in [0.1, 0.15) is 11.5 Å². The van der Waals surface area contributed by atoms with Gasteiger partial charge in [0.15, 0.2) is 0 Å². The Kier molecular flexibility index (Phi) is 5.20. The molecule has 0 atom stereocenters. The van der Waals surface area contributed by atoms with E-state index in [1.54, 1.807) is 37.5 Å². The van der Waals surface area contributed by atoms with Crippen LogP contribution in [0.15, 0.2) is 48.5 Å². The summed E-state index contributed by atoms with van der Waals surface area (Å²) >= 11 is 0. The van der Waals surface area contributed by atoms with Crippen molar-refractivity contribution in [2.45, 2.75) is 6.92 Å². The van der Waals surface area contributed by atoms with Gasteiger partial charge in [-0.25, -0.2) is 4.79 Å². The number of ether oxygens (including phenoxy) is 2. The van der Waals surface area contributed by atoms with E-state index in [-0.39, 0.29) is 5.57 Å². The number of hydrogen-bond donors (Lipinski definition) is 1. The number of carboxylic acids is 1. The van der Waals surface area contributed by atoms with Crippen LogP contribution < -0.4 is 9.47 Å². The van der Waals surface area contributed by atoms with Crippen molar-refractivity contribution in [1.29, 1.82) is 0 Å². The zero-order valence-electron chi connectivity index (χ0n) is 12.6. The first-order valence-electron chi connectivity index (χ1n) is 6.96. The molecule has 0 aliphatic rings. The lowest BCUT2D eigenvalue weighted by Gasteiger charge is -2.07. The molecule has 1 N–H and O–H groups in total. The number of benzene rings is 2. The molecular weight excluding hydrogens is 280 g/mol. The molecule has 0 fully saturated rings. The van der Waals surface area contributed by atoms with Crippen molar-refractivity contribution in [3.63, 3.8) is 0 Å². The number of hydrogen-bond acceptors (Lipinski definition) is 3. The van der Waals surface area contributed by atoms with Crippen molar-refractivity contribution in [1.82, 2.24) is 0 Å². The van der Waals surface area contributed by atoms with Crippen molar-refractivity contribution in [2.24, 2.45) is 0 Å². The molecule has 114 valence electrons. The Morgan fingerprint density at radius 2 is 1.86 bits per heavy atom. The Labute approximate surface area is 129 Å². The molecule has 0 amide bonds. The van der Waals surface area contributed by atoms with Crippen molar-refractivity contribution in [2.75, 3.05) is 13.7 Å². The van der Waals surface area contributed by atoms with Crippen LogP contribution in [0.5, 0.6) is 11.5 Å². The Morgan fingerprint density at radius 1 is 1.14 bits per heavy atom. The lowest BCUT2D eigenvalue weighted by atomic mass is 10.0. The van der Waals surface area contributed by atoms with E-state index >= 15 is 0 Å². The normalized spacial score (nSPS) is 11.1. The van der Waals surface area contributed by atoms with Crippen molar-refractivity contribution >= 4 is 17.6 Å². The molecule has 0 unspecified atom stereocenters. The Morgan fingerprint density at radius 3 is 2.55 bits per heavy atom. The minimum atomic E-state index is -0.991. The summed E-state index contributed by atoms with van der Waals surface area (Å²) in [6.07, 6.45) is 1.62.